The van der Waals surface area contributed by atoms with Crippen molar-refractivity contribution < 1.29 is 19.0 Å². The number of nitrogens with one attached hydrogen (secondary N) is 2. The van der Waals surface area contributed by atoms with E-state index in [-0.39, 0.29) is 12.0 Å². The van der Waals surface area contributed by atoms with Gasteiger partial charge in [-0.15, -0.1) is 0 Å². The van der Waals surface area contributed by atoms with E-state index in [0.29, 0.717) is 54.4 Å². The van der Waals surface area contributed by atoms with Crippen LogP contribution in [0.3, 0.4) is 0 Å². The van der Waals surface area contributed by atoms with Crippen molar-refractivity contribution in [2.24, 2.45) is 5.92 Å². The van der Waals surface area contributed by atoms with Crippen LogP contribution in [0.25, 0.3) is 11.2 Å². The summed E-state index contributed by atoms with van der Waals surface area (Å²) in [5.74, 6) is 0.0580. The number of benzene rings is 2. The van der Waals surface area contributed by atoms with Gasteiger partial charge in [-0.05, 0) is 62.1 Å². The second kappa shape index (κ2) is 9.57. The maximum absolute atomic E-state index is 14.4. The van der Waals surface area contributed by atoms with Crippen LogP contribution in [0.15, 0.2) is 54.7 Å². The summed E-state index contributed by atoms with van der Waals surface area (Å²) in [7, 11) is 1.61. The van der Waals surface area contributed by atoms with Gasteiger partial charge in [-0.1, -0.05) is 12.1 Å². The van der Waals surface area contributed by atoms with E-state index >= 15 is 0 Å². The molecular formula is C25H25FN6O3. The molecule has 2 heterocycles. The number of hydrogen-bond acceptors (Lipinski definition) is 7. The second-order valence-electron chi connectivity index (χ2n) is 8.51. The lowest BCUT2D eigenvalue weighted by Gasteiger charge is -2.28. The van der Waals surface area contributed by atoms with E-state index in [1.807, 2.05) is 28.8 Å². The summed E-state index contributed by atoms with van der Waals surface area (Å²) < 4.78 is 21.5. The summed E-state index contributed by atoms with van der Waals surface area (Å²) in [6, 6.07) is 13.8. The predicted molar refractivity (Wildman–Crippen MR) is 130 cm³/mol. The Kier molecular flexibility index (Phi) is 6.17. The van der Waals surface area contributed by atoms with Gasteiger partial charge in [-0.2, -0.15) is 4.98 Å². The Morgan fingerprint density at radius 2 is 1.80 bits per heavy atom. The van der Waals surface area contributed by atoms with Gasteiger partial charge in [0.1, 0.15) is 17.1 Å². The highest BCUT2D eigenvalue weighted by Gasteiger charge is 2.30. The lowest BCUT2D eigenvalue weighted by atomic mass is 9.86. The van der Waals surface area contributed by atoms with Crippen molar-refractivity contribution in [3.05, 3.63) is 60.5 Å². The number of para-hydroxylation sites is 1. The highest BCUT2D eigenvalue weighted by molar-refractivity contribution is 5.77. The SMILES string of the molecule is COc1ccc(Nc2ncc3nc(Nc4ccccc4F)n([C@H]4CC[C@@H](C(=O)O)CC4)c3n2)cc1. The molecule has 10 heteroatoms. The number of aliphatic carboxylic acids is 1. The number of halogens is 1. The first-order valence-electron chi connectivity index (χ1n) is 11.4. The van der Waals surface area contributed by atoms with Crippen LogP contribution < -0.4 is 15.4 Å². The first kappa shape index (κ1) is 22.6. The minimum atomic E-state index is -0.767. The largest absolute Gasteiger partial charge is 0.497 e. The van der Waals surface area contributed by atoms with Crippen LogP contribution in [0.4, 0.5) is 27.7 Å². The molecule has 0 amide bonds. The molecule has 1 saturated carbocycles. The van der Waals surface area contributed by atoms with Gasteiger partial charge in [-0.25, -0.2) is 14.4 Å². The number of aromatic nitrogens is 4. The minimum Gasteiger partial charge on any atom is -0.497 e. The highest BCUT2D eigenvalue weighted by Crippen LogP contribution is 2.37. The number of methoxy groups -OCH3 is 1. The van der Waals surface area contributed by atoms with Gasteiger partial charge in [0.15, 0.2) is 5.65 Å². The van der Waals surface area contributed by atoms with Crippen LogP contribution >= 0.6 is 0 Å². The number of anilines is 4. The Bertz CT molecular complexity index is 1350. The summed E-state index contributed by atoms with van der Waals surface area (Å²) in [6.07, 6.45) is 4.04. The minimum absolute atomic E-state index is 0.0337. The molecule has 5 rings (SSSR count). The van der Waals surface area contributed by atoms with Crippen LogP contribution in [0.5, 0.6) is 5.75 Å². The zero-order chi connectivity index (χ0) is 24.4. The molecule has 0 unspecified atom stereocenters. The fraction of sp³-hybridized carbons (Fsp3) is 0.280. The van der Waals surface area contributed by atoms with Crippen LogP contribution in [-0.4, -0.2) is 37.7 Å². The number of ether oxygens (including phenoxy) is 1. The van der Waals surface area contributed by atoms with Gasteiger partial charge in [0.05, 0.1) is 24.9 Å². The molecule has 1 fully saturated rings. The Morgan fingerprint density at radius 3 is 2.49 bits per heavy atom. The molecule has 4 aromatic rings. The quantitative estimate of drug-likeness (QED) is 0.330. The van der Waals surface area contributed by atoms with Gasteiger partial charge in [0.2, 0.25) is 11.9 Å². The van der Waals surface area contributed by atoms with Crippen LogP contribution in [-0.2, 0) is 4.79 Å². The maximum atomic E-state index is 14.4. The van der Waals surface area contributed by atoms with Crippen molar-refractivity contribution in [1.29, 1.82) is 0 Å². The molecule has 0 saturated heterocycles. The van der Waals surface area contributed by atoms with E-state index in [1.165, 1.54) is 6.07 Å². The maximum Gasteiger partial charge on any atom is 0.306 e. The van der Waals surface area contributed by atoms with Crippen molar-refractivity contribution in [3.63, 3.8) is 0 Å². The summed E-state index contributed by atoms with van der Waals surface area (Å²) in [5.41, 5.74) is 2.24. The Hall–Kier alpha value is -4.21. The summed E-state index contributed by atoms with van der Waals surface area (Å²) in [5, 5.41) is 15.7. The molecule has 35 heavy (non-hydrogen) atoms. The zero-order valence-corrected chi connectivity index (χ0v) is 19.1. The van der Waals surface area contributed by atoms with E-state index in [2.05, 4.69) is 20.6 Å². The van der Waals surface area contributed by atoms with Gasteiger partial charge in [0.25, 0.3) is 0 Å². The number of rotatable bonds is 7. The summed E-state index contributed by atoms with van der Waals surface area (Å²) >= 11 is 0. The van der Waals surface area contributed by atoms with E-state index < -0.39 is 11.8 Å². The smallest absolute Gasteiger partial charge is 0.306 e. The fourth-order valence-electron chi connectivity index (χ4n) is 4.45. The second-order valence-corrected chi connectivity index (χ2v) is 8.51. The van der Waals surface area contributed by atoms with Crippen molar-refractivity contribution in [2.75, 3.05) is 17.7 Å². The Balaban J connectivity index is 1.51. The van der Waals surface area contributed by atoms with Crippen molar-refractivity contribution in [3.8, 4) is 5.75 Å². The number of carboxylic acids is 1. The van der Waals surface area contributed by atoms with E-state index in [0.717, 1.165) is 11.4 Å². The average Bonchev–Trinajstić information content (AvgIpc) is 3.23. The number of imidazole rings is 1. The Labute approximate surface area is 201 Å². The number of nitrogens with zero attached hydrogens (tertiary/aromatic N) is 4. The molecule has 1 aliphatic carbocycles. The monoisotopic (exact) mass is 476 g/mol. The number of fused-ring (bicyclic) bond motifs is 1. The fourth-order valence-corrected chi connectivity index (χ4v) is 4.45. The predicted octanol–water partition coefficient (Wildman–Crippen LogP) is 5.28. The number of hydrogen-bond donors (Lipinski definition) is 3. The molecule has 9 nitrogen and oxygen atoms in total. The van der Waals surface area contributed by atoms with Crippen molar-refractivity contribution in [1.82, 2.24) is 19.5 Å². The number of carboxylic acid groups (broad SMARTS) is 1. The zero-order valence-electron chi connectivity index (χ0n) is 19.1. The molecule has 0 radical (unpaired) electrons. The molecule has 0 bridgehead atoms. The molecule has 2 aromatic carbocycles. The molecule has 3 N–H and O–H groups in total. The normalized spacial score (nSPS) is 17.8. The lowest BCUT2D eigenvalue weighted by molar-refractivity contribution is -0.143. The van der Waals surface area contributed by atoms with E-state index in [4.69, 9.17) is 9.72 Å². The standard InChI is InChI=1S/C25H25FN6O3/c1-35-18-12-8-16(9-13-18)28-24-27-14-21-22(31-24)32(17-10-6-15(7-11-17)23(33)34)25(30-21)29-20-5-3-2-4-19(20)26/h2-5,8-9,12-15,17H,6-7,10-11H2,1H3,(H,29,30)(H,33,34)(H,27,28,31)/t15-,17+. The Morgan fingerprint density at radius 1 is 1.06 bits per heavy atom. The lowest BCUT2D eigenvalue weighted by Crippen LogP contribution is -2.24. The van der Waals surface area contributed by atoms with Gasteiger partial charge in [-0.3, -0.25) is 9.36 Å². The first-order chi connectivity index (χ1) is 17.0. The highest BCUT2D eigenvalue weighted by atomic mass is 19.1. The molecule has 0 aliphatic heterocycles. The van der Waals surface area contributed by atoms with Crippen molar-refractivity contribution in [2.45, 2.75) is 31.7 Å². The molecule has 2 aromatic heterocycles. The number of carbonyl (C=O) groups is 1. The third-order valence-corrected chi connectivity index (χ3v) is 6.31. The van der Waals surface area contributed by atoms with Crippen LogP contribution in [0.1, 0.15) is 31.7 Å². The molecule has 180 valence electrons. The summed E-state index contributed by atoms with van der Waals surface area (Å²) in [4.78, 5) is 25.2. The van der Waals surface area contributed by atoms with Gasteiger partial charge < -0.3 is 20.5 Å². The summed E-state index contributed by atoms with van der Waals surface area (Å²) in [6.45, 7) is 0. The molecule has 0 atom stereocenters. The average molecular weight is 477 g/mol. The van der Waals surface area contributed by atoms with E-state index in [9.17, 15) is 14.3 Å². The first-order valence-corrected chi connectivity index (χ1v) is 11.4. The van der Waals surface area contributed by atoms with Gasteiger partial charge in [0, 0.05) is 11.7 Å². The van der Waals surface area contributed by atoms with E-state index in [1.54, 1.807) is 31.5 Å². The van der Waals surface area contributed by atoms with Gasteiger partial charge >= 0.3 is 5.97 Å². The third-order valence-electron chi connectivity index (χ3n) is 6.31. The third kappa shape index (κ3) is 4.72. The topological polar surface area (TPSA) is 114 Å². The van der Waals surface area contributed by atoms with Crippen LogP contribution in [0.2, 0.25) is 0 Å². The molecule has 1 aliphatic rings. The van der Waals surface area contributed by atoms with Crippen molar-refractivity contribution >= 4 is 40.4 Å². The molecule has 0 spiro atoms. The van der Waals surface area contributed by atoms with Crippen LogP contribution in [0, 0.1) is 11.7 Å². The molecular weight excluding hydrogens is 451 g/mol.